The Kier molecular flexibility index (Phi) is 6.36. The van der Waals surface area contributed by atoms with Crippen LogP contribution in [0.5, 0.6) is 11.5 Å². The number of fused-ring (bicyclic) bond motifs is 1. The van der Waals surface area contributed by atoms with Crippen LogP contribution in [-0.4, -0.2) is 37.7 Å². The Hall–Kier alpha value is -2.80. The summed E-state index contributed by atoms with van der Waals surface area (Å²) in [7, 11) is 1.51. The summed E-state index contributed by atoms with van der Waals surface area (Å²) in [4.78, 5) is 24.6. The van der Waals surface area contributed by atoms with Crippen LogP contribution in [0, 0.1) is 5.82 Å². The second-order valence-electron chi connectivity index (χ2n) is 6.06. The monoisotopic (exact) mass is 401 g/mol. The van der Waals surface area contributed by atoms with Gasteiger partial charge >= 0.3 is 0 Å². The number of ether oxygens (including phenoxy) is 2. The molecule has 0 radical (unpaired) electrons. The zero-order valence-electron chi connectivity index (χ0n) is 15.6. The molecular weight excluding hydrogens is 381 g/mol. The molecule has 0 atom stereocenters. The Balaban J connectivity index is 1.81. The minimum atomic E-state index is -0.370. The molecule has 0 fully saturated rings. The van der Waals surface area contributed by atoms with E-state index in [1.807, 2.05) is 6.92 Å². The number of carbonyl (C=O) groups is 2. The van der Waals surface area contributed by atoms with Crippen LogP contribution in [-0.2, 0) is 4.79 Å². The largest absolute Gasteiger partial charge is 0.493 e. The molecule has 1 amide bonds. The van der Waals surface area contributed by atoms with Crippen molar-refractivity contribution in [2.24, 2.45) is 0 Å². The van der Waals surface area contributed by atoms with E-state index in [0.29, 0.717) is 39.8 Å². The van der Waals surface area contributed by atoms with E-state index >= 15 is 0 Å². The lowest BCUT2D eigenvalue weighted by molar-refractivity contribution is -0.123. The van der Waals surface area contributed by atoms with E-state index in [1.165, 1.54) is 24.9 Å². The molecule has 146 valence electrons. The number of ketones is 1. The second-order valence-corrected chi connectivity index (χ2v) is 7.04. The number of Topliss-reactive ketones (excluding diaryl/α,β-unsaturated/α-hetero) is 1. The lowest BCUT2D eigenvalue weighted by Gasteiger charge is -2.17. The molecule has 2 aromatic rings. The third-order valence-corrected chi connectivity index (χ3v) is 5.30. The molecule has 3 rings (SSSR count). The maximum atomic E-state index is 13.9. The van der Waals surface area contributed by atoms with Gasteiger partial charge in [0, 0.05) is 23.4 Å². The van der Waals surface area contributed by atoms with E-state index in [2.05, 4.69) is 5.32 Å². The van der Waals surface area contributed by atoms with Crippen molar-refractivity contribution >= 4 is 29.5 Å². The Bertz CT molecular complexity index is 942. The summed E-state index contributed by atoms with van der Waals surface area (Å²) in [5, 5.41) is 2.65. The van der Waals surface area contributed by atoms with E-state index in [4.69, 9.17) is 9.47 Å². The minimum Gasteiger partial charge on any atom is -0.493 e. The summed E-state index contributed by atoms with van der Waals surface area (Å²) in [5.41, 5.74) is 1.73. The fraction of sp³-hybridized carbons (Fsp3) is 0.238. The molecular formula is C21H20FNO4S. The highest BCUT2D eigenvalue weighted by Crippen LogP contribution is 2.36. The average Bonchev–Trinajstić information content (AvgIpc) is 2.69. The smallest absolute Gasteiger partial charge is 0.257 e. The third-order valence-electron chi connectivity index (χ3n) is 4.14. The molecule has 1 heterocycles. The Morgan fingerprint density at radius 3 is 2.86 bits per heavy atom. The van der Waals surface area contributed by atoms with Crippen molar-refractivity contribution in [3.8, 4) is 11.5 Å². The summed E-state index contributed by atoms with van der Waals surface area (Å²) >= 11 is 1.31. The van der Waals surface area contributed by atoms with Gasteiger partial charge < -0.3 is 14.8 Å². The molecule has 0 bridgehead atoms. The first-order chi connectivity index (χ1) is 13.5. The van der Waals surface area contributed by atoms with Crippen LogP contribution in [0.3, 0.4) is 0 Å². The molecule has 0 unspecified atom stereocenters. The van der Waals surface area contributed by atoms with Gasteiger partial charge in [-0.15, -0.1) is 11.8 Å². The molecule has 0 aromatic heterocycles. The number of likely N-dealkylation sites (N-methyl/N-ethyl adjacent to an activating group) is 1. The van der Waals surface area contributed by atoms with Crippen LogP contribution in [0.1, 0.15) is 22.8 Å². The number of hydrogen-bond donors (Lipinski definition) is 1. The van der Waals surface area contributed by atoms with E-state index < -0.39 is 0 Å². The van der Waals surface area contributed by atoms with Crippen LogP contribution in [0.4, 0.5) is 4.39 Å². The van der Waals surface area contributed by atoms with Crippen molar-refractivity contribution in [3.63, 3.8) is 0 Å². The number of carbonyl (C=O) groups excluding carboxylic acids is 2. The van der Waals surface area contributed by atoms with Gasteiger partial charge in [0.15, 0.2) is 23.9 Å². The standard InChI is InChI=1S/C21H20FNO4S/c1-3-23-19(24)11-27-17-8-7-13(10-18(17)26-2)9-14-12-28-21-15(20(14)25)5-4-6-16(21)22/h4-10H,3,11-12H2,1-2H3,(H,23,24)/b14-9+. The predicted molar refractivity (Wildman–Crippen MR) is 107 cm³/mol. The van der Waals surface area contributed by atoms with Crippen LogP contribution < -0.4 is 14.8 Å². The fourth-order valence-electron chi connectivity index (χ4n) is 2.82. The normalized spacial score (nSPS) is 14.5. The highest BCUT2D eigenvalue weighted by Gasteiger charge is 2.24. The van der Waals surface area contributed by atoms with E-state index in [9.17, 15) is 14.0 Å². The van der Waals surface area contributed by atoms with E-state index in [-0.39, 0.29) is 24.1 Å². The lowest BCUT2D eigenvalue weighted by atomic mass is 10.0. The van der Waals surface area contributed by atoms with E-state index in [1.54, 1.807) is 36.4 Å². The minimum absolute atomic E-state index is 0.109. The zero-order chi connectivity index (χ0) is 20.1. The Labute approximate surface area is 166 Å². The Morgan fingerprint density at radius 1 is 1.29 bits per heavy atom. The number of benzene rings is 2. The number of nitrogens with one attached hydrogen (secondary N) is 1. The van der Waals surface area contributed by atoms with Gasteiger partial charge in [-0.05, 0) is 42.8 Å². The first-order valence-corrected chi connectivity index (χ1v) is 9.76. The number of hydrogen-bond acceptors (Lipinski definition) is 5. The van der Waals surface area contributed by atoms with Crippen LogP contribution >= 0.6 is 11.8 Å². The van der Waals surface area contributed by atoms with Gasteiger partial charge in [-0.25, -0.2) is 4.39 Å². The molecule has 1 aliphatic heterocycles. The van der Waals surface area contributed by atoms with Gasteiger partial charge in [0.25, 0.3) is 5.91 Å². The Morgan fingerprint density at radius 2 is 2.11 bits per heavy atom. The van der Waals surface area contributed by atoms with E-state index in [0.717, 1.165) is 5.56 Å². The SMILES string of the molecule is CCNC(=O)COc1ccc(/C=C2\CSc3c(F)cccc3C2=O)cc1OC. The van der Waals surface area contributed by atoms with Gasteiger partial charge in [0.1, 0.15) is 5.82 Å². The average molecular weight is 401 g/mol. The lowest BCUT2D eigenvalue weighted by Crippen LogP contribution is -2.28. The molecule has 28 heavy (non-hydrogen) atoms. The quantitative estimate of drug-likeness (QED) is 0.748. The molecule has 1 N–H and O–H groups in total. The van der Waals surface area contributed by atoms with Gasteiger partial charge in [-0.3, -0.25) is 9.59 Å². The van der Waals surface area contributed by atoms with Gasteiger partial charge in [-0.2, -0.15) is 0 Å². The molecule has 7 heteroatoms. The van der Waals surface area contributed by atoms with Crippen LogP contribution in [0.2, 0.25) is 0 Å². The summed E-state index contributed by atoms with van der Waals surface area (Å²) < 4.78 is 24.7. The molecule has 5 nitrogen and oxygen atoms in total. The molecule has 0 spiro atoms. The van der Waals surface area contributed by atoms with Gasteiger partial charge in [-0.1, -0.05) is 12.1 Å². The van der Waals surface area contributed by atoms with Crippen molar-refractivity contribution in [1.82, 2.24) is 5.32 Å². The molecule has 0 saturated carbocycles. The van der Waals surface area contributed by atoms with Crippen LogP contribution in [0.25, 0.3) is 6.08 Å². The third kappa shape index (κ3) is 4.36. The van der Waals surface area contributed by atoms with Gasteiger partial charge in [0.2, 0.25) is 0 Å². The molecule has 2 aromatic carbocycles. The molecule has 0 saturated heterocycles. The number of halogens is 1. The fourth-order valence-corrected chi connectivity index (χ4v) is 3.85. The van der Waals surface area contributed by atoms with Gasteiger partial charge in [0.05, 0.1) is 12.0 Å². The second kappa shape index (κ2) is 8.93. The summed E-state index contributed by atoms with van der Waals surface area (Å²) in [6.07, 6.45) is 1.76. The molecule has 0 aliphatic carbocycles. The van der Waals surface area contributed by atoms with Crippen molar-refractivity contribution in [1.29, 1.82) is 0 Å². The van der Waals surface area contributed by atoms with Crippen LogP contribution in [0.15, 0.2) is 46.9 Å². The number of rotatable bonds is 6. The number of methoxy groups -OCH3 is 1. The maximum absolute atomic E-state index is 13.9. The highest BCUT2D eigenvalue weighted by atomic mass is 32.2. The number of thioether (sulfide) groups is 1. The predicted octanol–water partition coefficient (Wildman–Crippen LogP) is 3.72. The highest BCUT2D eigenvalue weighted by molar-refractivity contribution is 7.99. The van der Waals surface area contributed by atoms with Crippen molar-refractivity contribution in [3.05, 3.63) is 58.9 Å². The van der Waals surface area contributed by atoms with Crippen molar-refractivity contribution in [2.75, 3.05) is 26.0 Å². The zero-order valence-corrected chi connectivity index (χ0v) is 16.4. The topological polar surface area (TPSA) is 64.6 Å². The van der Waals surface area contributed by atoms with Crippen molar-refractivity contribution in [2.45, 2.75) is 11.8 Å². The first kappa shape index (κ1) is 19.9. The summed E-state index contributed by atoms with van der Waals surface area (Å²) in [5.74, 6) is 0.527. The molecule has 1 aliphatic rings. The maximum Gasteiger partial charge on any atom is 0.257 e. The number of amides is 1. The summed E-state index contributed by atoms with van der Waals surface area (Å²) in [6, 6.07) is 9.75. The van der Waals surface area contributed by atoms with Crippen molar-refractivity contribution < 1.29 is 23.5 Å². The first-order valence-electron chi connectivity index (χ1n) is 8.77. The summed E-state index contributed by atoms with van der Waals surface area (Å²) in [6.45, 7) is 2.26.